The summed E-state index contributed by atoms with van der Waals surface area (Å²) < 4.78 is 5.72. The summed E-state index contributed by atoms with van der Waals surface area (Å²) in [4.78, 5) is 10.1. The lowest BCUT2D eigenvalue weighted by atomic mass is 10.1. The van der Waals surface area contributed by atoms with Gasteiger partial charge in [0.1, 0.15) is 5.75 Å². The molecule has 28 heavy (non-hydrogen) atoms. The molecule has 0 aliphatic heterocycles. The van der Waals surface area contributed by atoms with Gasteiger partial charge in [-0.2, -0.15) is 0 Å². The summed E-state index contributed by atoms with van der Waals surface area (Å²) in [5.41, 5.74) is 2.49. The molecule has 0 aliphatic carbocycles. The first-order valence-electron chi connectivity index (χ1n) is 10.0. The summed E-state index contributed by atoms with van der Waals surface area (Å²) in [5.74, 6) is 1.65. The van der Waals surface area contributed by atoms with E-state index in [0.717, 1.165) is 37.9 Å². The van der Waals surface area contributed by atoms with Gasteiger partial charge in [-0.1, -0.05) is 69.7 Å². The Balaban J connectivity index is 0.000000497. The summed E-state index contributed by atoms with van der Waals surface area (Å²) in [6, 6.07) is 18.4. The molecular formula is C24H37NO3. The van der Waals surface area contributed by atoms with Crippen molar-refractivity contribution in [3.63, 3.8) is 0 Å². The zero-order valence-corrected chi connectivity index (χ0v) is 18.0. The van der Waals surface area contributed by atoms with Gasteiger partial charge < -0.3 is 15.2 Å². The van der Waals surface area contributed by atoms with Gasteiger partial charge in [0.2, 0.25) is 6.41 Å². The van der Waals surface area contributed by atoms with Gasteiger partial charge in [-0.3, -0.25) is 4.79 Å². The number of carbonyl (C=O) groups excluding carboxylic acids is 1. The SMILES string of the molecule is CC(NC=O)c1ccccc1.CCCC(C)COc1ccc(CC)cc1.CO. The van der Waals surface area contributed by atoms with Crippen molar-refractivity contribution in [2.24, 2.45) is 5.92 Å². The molecule has 2 aromatic rings. The fourth-order valence-electron chi connectivity index (χ4n) is 2.58. The van der Waals surface area contributed by atoms with Gasteiger partial charge in [0.25, 0.3) is 0 Å². The van der Waals surface area contributed by atoms with Crippen LogP contribution in [0.4, 0.5) is 0 Å². The van der Waals surface area contributed by atoms with Crippen LogP contribution < -0.4 is 10.1 Å². The van der Waals surface area contributed by atoms with Crippen LogP contribution in [0, 0.1) is 5.92 Å². The zero-order valence-electron chi connectivity index (χ0n) is 18.0. The van der Waals surface area contributed by atoms with E-state index in [-0.39, 0.29) is 6.04 Å². The number of rotatable bonds is 9. The number of aliphatic hydroxyl groups excluding tert-OH is 1. The molecule has 0 fully saturated rings. The number of hydrogen-bond acceptors (Lipinski definition) is 3. The van der Waals surface area contributed by atoms with Crippen molar-refractivity contribution in [3.8, 4) is 5.75 Å². The van der Waals surface area contributed by atoms with Crippen molar-refractivity contribution in [2.75, 3.05) is 13.7 Å². The third-order valence-corrected chi connectivity index (χ3v) is 4.27. The van der Waals surface area contributed by atoms with Gasteiger partial charge in [-0.25, -0.2) is 0 Å². The maximum atomic E-state index is 10.1. The maximum absolute atomic E-state index is 10.1. The van der Waals surface area contributed by atoms with E-state index in [4.69, 9.17) is 9.84 Å². The van der Waals surface area contributed by atoms with Gasteiger partial charge in [0.15, 0.2) is 0 Å². The summed E-state index contributed by atoms with van der Waals surface area (Å²) in [7, 11) is 1.00. The fourth-order valence-corrected chi connectivity index (χ4v) is 2.58. The molecule has 0 saturated heterocycles. The van der Waals surface area contributed by atoms with Crippen LogP contribution >= 0.6 is 0 Å². The highest BCUT2D eigenvalue weighted by atomic mass is 16.5. The minimum atomic E-state index is 0.105. The average molecular weight is 388 g/mol. The number of aryl methyl sites for hydroxylation is 1. The van der Waals surface area contributed by atoms with Crippen LogP contribution in [0.1, 0.15) is 57.7 Å². The van der Waals surface area contributed by atoms with Crippen molar-refractivity contribution < 1.29 is 14.6 Å². The first-order valence-corrected chi connectivity index (χ1v) is 10.0. The van der Waals surface area contributed by atoms with E-state index in [1.807, 2.05) is 37.3 Å². The third-order valence-electron chi connectivity index (χ3n) is 4.27. The molecule has 0 spiro atoms. The standard InChI is InChI=1S/C14H22O.C9H11NO.CH4O/c1-4-6-12(3)11-15-14-9-7-13(5-2)8-10-14;1-8(10-7-11)9-5-3-2-4-6-9;1-2/h7-10,12H,4-6,11H2,1-3H3;2-8H,1H3,(H,10,11);2H,1H3. The van der Waals surface area contributed by atoms with Crippen LogP contribution in [0.5, 0.6) is 5.75 Å². The summed E-state index contributed by atoms with van der Waals surface area (Å²) in [6.07, 6.45) is 4.29. The lowest BCUT2D eigenvalue weighted by molar-refractivity contribution is -0.110. The second kappa shape index (κ2) is 16.8. The van der Waals surface area contributed by atoms with Gasteiger partial charge >= 0.3 is 0 Å². The Bertz CT molecular complexity index is 599. The minimum absolute atomic E-state index is 0.105. The van der Waals surface area contributed by atoms with E-state index in [1.54, 1.807) is 0 Å². The number of carbonyl (C=O) groups is 1. The highest BCUT2D eigenvalue weighted by molar-refractivity contribution is 5.47. The predicted molar refractivity (Wildman–Crippen MR) is 118 cm³/mol. The van der Waals surface area contributed by atoms with E-state index < -0.39 is 0 Å². The lowest BCUT2D eigenvalue weighted by Gasteiger charge is -2.12. The number of ether oxygens (including phenoxy) is 1. The number of hydrogen-bond donors (Lipinski definition) is 2. The molecule has 1 amide bonds. The molecule has 2 aromatic carbocycles. The van der Waals surface area contributed by atoms with Crippen LogP contribution in [0.25, 0.3) is 0 Å². The van der Waals surface area contributed by atoms with Crippen molar-refractivity contribution in [3.05, 3.63) is 65.7 Å². The second-order valence-corrected chi connectivity index (χ2v) is 6.62. The minimum Gasteiger partial charge on any atom is -0.493 e. The molecule has 0 aromatic heterocycles. The molecule has 156 valence electrons. The second-order valence-electron chi connectivity index (χ2n) is 6.62. The maximum Gasteiger partial charge on any atom is 0.207 e. The number of nitrogens with one attached hydrogen (secondary N) is 1. The Hall–Kier alpha value is -2.33. The Labute approximate surface area is 170 Å². The van der Waals surface area contributed by atoms with E-state index in [1.165, 1.54) is 18.4 Å². The molecule has 2 atom stereocenters. The topological polar surface area (TPSA) is 58.6 Å². The van der Waals surface area contributed by atoms with E-state index in [2.05, 4.69) is 50.4 Å². The van der Waals surface area contributed by atoms with Gasteiger partial charge in [0, 0.05) is 7.11 Å². The van der Waals surface area contributed by atoms with Crippen LogP contribution in [0.3, 0.4) is 0 Å². The van der Waals surface area contributed by atoms with Gasteiger partial charge in [-0.15, -0.1) is 0 Å². The quantitative estimate of drug-likeness (QED) is 0.584. The Morgan fingerprint density at radius 1 is 1.00 bits per heavy atom. The first-order chi connectivity index (χ1) is 13.6. The molecule has 0 radical (unpaired) electrons. The molecule has 0 bridgehead atoms. The highest BCUT2D eigenvalue weighted by Gasteiger charge is 2.02. The third kappa shape index (κ3) is 11.4. The largest absolute Gasteiger partial charge is 0.493 e. The molecule has 2 unspecified atom stereocenters. The molecular weight excluding hydrogens is 350 g/mol. The van der Waals surface area contributed by atoms with Crippen LogP contribution in [0.2, 0.25) is 0 Å². The fraction of sp³-hybridized carbons (Fsp3) is 0.458. The Morgan fingerprint density at radius 2 is 1.61 bits per heavy atom. The first kappa shape index (κ1) is 25.7. The Morgan fingerprint density at radius 3 is 2.11 bits per heavy atom. The van der Waals surface area contributed by atoms with Crippen molar-refractivity contribution in [2.45, 2.75) is 53.0 Å². The monoisotopic (exact) mass is 387 g/mol. The molecule has 4 nitrogen and oxygen atoms in total. The van der Waals surface area contributed by atoms with E-state index in [9.17, 15) is 4.79 Å². The highest BCUT2D eigenvalue weighted by Crippen LogP contribution is 2.14. The Kier molecular flexibility index (Phi) is 15.4. The summed E-state index contributed by atoms with van der Waals surface area (Å²) in [6.45, 7) is 9.40. The number of amides is 1. The normalized spacial score (nSPS) is 11.6. The molecule has 2 N–H and O–H groups in total. The van der Waals surface area contributed by atoms with Crippen molar-refractivity contribution in [1.82, 2.24) is 5.32 Å². The van der Waals surface area contributed by atoms with E-state index >= 15 is 0 Å². The smallest absolute Gasteiger partial charge is 0.207 e. The molecule has 0 aliphatic rings. The van der Waals surface area contributed by atoms with Crippen LogP contribution in [-0.4, -0.2) is 25.2 Å². The number of benzene rings is 2. The predicted octanol–water partition coefficient (Wildman–Crippen LogP) is 5.17. The molecule has 0 heterocycles. The average Bonchev–Trinajstić information content (AvgIpc) is 2.75. The van der Waals surface area contributed by atoms with Gasteiger partial charge in [-0.05, 0) is 48.9 Å². The molecule has 0 saturated carbocycles. The summed E-state index contributed by atoms with van der Waals surface area (Å²) in [5, 5.41) is 9.68. The molecule has 4 heteroatoms. The van der Waals surface area contributed by atoms with Crippen LogP contribution in [-0.2, 0) is 11.2 Å². The zero-order chi connectivity index (χ0) is 21.2. The van der Waals surface area contributed by atoms with Crippen molar-refractivity contribution in [1.29, 1.82) is 0 Å². The van der Waals surface area contributed by atoms with E-state index in [0.29, 0.717) is 5.92 Å². The molecule has 2 rings (SSSR count). The number of aliphatic hydroxyl groups is 1. The lowest BCUT2D eigenvalue weighted by Crippen LogP contribution is -2.15. The summed E-state index contributed by atoms with van der Waals surface area (Å²) >= 11 is 0. The van der Waals surface area contributed by atoms with Crippen molar-refractivity contribution >= 4 is 6.41 Å². The van der Waals surface area contributed by atoms with Crippen LogP contribution in [0.15, 0.2) is 54.6 Å². The van der Waals surface area contributed by atoms with Gasteiger partial charge in [0.05, 0.1) is 12.6 Å².